The van der Waals surface area contributed by atoms with Crippen LogP contribution in [0.2, 0.25) is 5.02 Å². The number of nitrogens with zero attached hydrogens (tertiary/aromatic N) is 4. The van der Waals surface area contributed by atoms with Gasteiger partial charge in [-0.3, -0.25) is 9.69 Å². The lowest BCUT2D eigenvalue weighted by Gasteiger charge is -2.37. The quantitative estimate of drug-likeness (QED) is 0.494. The van der Waals surface area contributed by atoms with Crippen LogP contribution in [0.15, 0.2) is 59.1 Å². The number of aromatic nitrogens is 2. The van der Waals surface area contributed by atoms with Crippen LogP contribution in [0, 0.1) is 11.8 Å². The summed E-state index contributed by atoms with van der Waals surface area (Å²) in [5.74, 6) is 2.25. The average Bonchev–Trinajstić information content (AvgIpc) is 3.34. The molecular weight excluding hydrogens is 448 g/mol. The van der Waals surface area contributed by atoms with E-state index < -0.39 is 0 Å². The van der Waals surface area contributed by atoms with Gasteiger partial charge in [0.05, 0.1) is 11.6 Å². The molecule has 0 unspecified atom stereocenters. The Bertz CT molecular complexity index is 1090. The number of amides is 1. The maximum Gasteiger partial charge on any atom is 0.241 e. The molecular formula is C27H31ClN4O2. The van der Waals surface area contributed by atoms with Crippen molar-refractivity contribution in [3.63, 3.8) is 0 Å². The van der Waals surface area contributed by atoms with Crippen molar-refractivity contribution in [1.29, 1.82) is 0 Å². The molecule has 0 N–H and O–H groups in total. The van der Waals surface area contributed by atoms with Crippen molar-refractivity contribution >= 4 is 17.5 Å². The predicted molar refractivity (Wildman–Crippen MR) is 132 cm³/mol. The number of likely N-dealkylation sites (tertiary alicyclic amines) is 2. The second kappa shape index (κ2) is 10.7. The molecule has 0 spiro atoms. The van der Waals surface area contributed by atoms with Crippen molar-refractivity contribution in [1.82, 2.24) is 19.9 Å². The molecule has 2 aliphatic rings. The Morgan fingerprint density at radius 3 is 2.38 bits per heavy atom. The Labute approximate surface area is 205 Å². The van der Waals surface area contributed by atoms with E-state index in [1.54, 1.807) is 0 Å². The maximum atomic E-state index is 13.1. The number of hydrogen-bond acceptors (Lipinski definition) is 5. The van der Waals surface area contributed by atoms with Crippen molar-refractivity contribution in [2.75, 3.05) is 26.2 Å². The molecule has 5 rings (SSSR count). The highest BCUT2D eigenvalue weighted by Gasteiger charge is 2.31. The summed E-state index contributed by atoms with van der Waals surface area (Å²) in [7, 11) is 0. The number of piperidine rings is 2. The highest BCUT2D eigenvalue weighted by Crippen LogP contribution is 2.28. The third-order valence-corrected chi connectivity index (χ3v) is 7.50. The van der Waals surface area contributed by atoms with E-state index in [4.69, 9.17) is 16.1 Å². The van der Waals surface area contributed by atoms with Crippen LogP contribution in [0.3, 0.4) is 0 Å². The molecule has 0 saturated carbocycles. The van der Waals surface area contributed by atoms with Crippen molar-refractivity contribution in [2.24, 2.45) is 11.8 Å². The highest BCUT2D eigenvalue weighted by atomic mass is 35.5. The fourth-order valence-corrected chi connectivity index (χ4v) is 5.38. The first-order valence-electron chi connectivity index (χ1n) is 12.3. The van der Waals surface area contributed by atoms with Crippen LogP contribution < -0.4 is 0 Å². The fraction of sp³-hybridized carbons (Fsp3) is 0.444. The van der Waals surface area contributed by atoms with Gasteiger partial charge in [0.1, 0.15) is 0 Å². The minimum Gasteiger partial charge on any atom is -0.342 e. The van der Waals surface area contributed by atoms with Crippen molar-refractivity contribution in [3.05, 3.63) is 71.1 Å². The zero-order chi connectivity index (χ0) is 23.3. The molecule has 6 nitrogen and oxygen atoms in total. The third kappa shape index (κ3) is 5.50. The number of halogens is 1. The first-order chi connectivity index (χ1) is 16.7. The molecule has 2 fully saturated rings. The van der Waals surface area contributed by atoms with Crippen molar-refractivity contribution < 1.29 is 9.32 Å². The lowest BCUT2D eigenvalue weighted by molar-refractivity contribution is -0.138. The Morgan fingerprint density at radius 1 is 0.941 bits per heavy atom. The Balaban J connectivity index is 1.07. The number of hydrogen-bond donors (Lipinski definition) is 0. The molecule has 7 heteroatoms. The van der Waals surface area contributed by atoms with E-state index in [0.29, 0.717) is 35.1 Å². The third-order valence-electron chi connectivity index (χ3n) is 7.17. The van der Waals surface area contributed by atoms with E-state index >= 15 is 0 Å². The summed E-state index contributed by atoms with van der Waals surface area (Å²) in [5, 5.41) is 4.70. The summed E-state index contributed by atoms with van der Waals surface area (Å²) < 4.78 is 5.46. The van der Waals surface area contributed by atoms with Gasteiger partial charge in [0.25, 0.3) is 0 Å². The maximum absolute atomic E-state index is 13.1. The summed E-state index contributed by atoms with van der Waals surface area (Å²) >= 11 is 6.25. The van der Waals surface area contributed by atoms with Crippen LogP contribution in [0.5, 0.6) is 0 Å². The Morgan fingerprint density at radius 2 is 1.65 bits per heavy atom. The molecule has 1 amide bonds. The van der Waals surface area contributed by atoms with Gasteiger partial charge >= 0.3 is 0 Å². The number of rotatable bonds is 6. The summed E-state index contributed by atoms with van der Waals surface area (Å²) in [6.07, 6.45) is 5.09. The van der Waals surface area contributed by atoms with Gasteiger partial charge in [0.15, 0.2) is 0 Å². The van der Waals surface area contributed by atoms with E-state index in [2.05, 4.69) is 50.3 Å². The summed E-state index contributed by atoms with van der Waals surface area (Å²) in [6.45, 7) is 4.12. The largest absolute Gasteiger partial charge is 0.342 e. The zero-order valence-electron chi connectivity index (χ0n) is 19.4. The molecule has 0 bridgehead atoms. The zero-order valence-corrected chi connectivity index (χ0v) is 20.2. The summed E-state index contributed by atoms with van der Waals surface area (Å²) in [5.41, 5.74) is 2.18. The Kier molecular flexibility index (Phi) is 7.26. The molecule has 3 heterocycles. The standard InChI is InChI=1S/C27H31ClN4O2/c28-24-9-5-4-8-23(24)26-29-25(34-30-26)19-31-14-12-22(13-15-31)27(33)32-16-10-21(11-17-32)18-20-6-2-1-3-7-20/h1-9,21-22H,10-19H2. The molecule has 0 aliphatic carbocycles. The first kappa shape index (κ1) is 23.1. The molecule has 34 heavy (non-hydrogen) atoms. The monoisotopic (exact) mass is 478 g/mol. The minimum atomic E-state index is 0.128. The minimum absolute atomic E-state index is 0.128. The predicted octanol–water partition coefficient (Wildman–Crippen LogP) is 5.08. The van der Waals surface area contributed by atoms with Crippen LogP contribution >= 0.6 is 11.6 Å². The van der Waals surface area contributed by atoms with E-state index in [0.717, 1.165) is 63.8 Å². The lowest BCUT2D eigenvalue weighted by Crippen LogP contribution is -2.45. The normalized spacial score (nSPS) is 18.3. The van der Waals surface area contributed by atoms with Gasteiger partial charge in [-0.15, -0.1) is 0 Å². The van der Waals surface area contributed by atoms with Gasteiger partial charge < -0.3 is 9.42 Å². The SMILES string of the molecule is O=C(C1CCN(Cc2nc(-c3ccccc3Cl)no2)CC1)N1CCC(Cc2ccccc2)CC1. The van der Waals surface area contributed by atoms with Crippen LogP contribution in [-0.4, -0.2) is 52.0 Å². The van der Waals surface area contributed by atoms with Gasteiger partial charge in [-0.25, -0.2) is 0 Å². The molecule has 0 atom stereocenters. The van der Waals surface area contributed by atoms with E-state index in [9.17, 15) is 4.79 Å². The summed E-state index contributed by atoms with van der Waals surface area (Å²) in [6, 6.07) is 18.2. The molecule has 1 aromatic heterocycles. The van der Waals surface area contributed by atoms with E-state index in [1.807, 2.05) is 24.3 Å². The number of carbonyl (C=O) groups is 1. The Hall–Kier alpha value is -2.70. The molecule has 0 radical (unpaired) electrons. The van der Waals surface area contributed by atoms with Gasteiger partial charge in [-0.2, -0.15) is 4.98 Å². The first-order valence-corrected chi connectivity index (χ1v) is 12.7. The second-order valence-electron chi connectivity index (χ2n) is 9.50. The average molecular weight is 479 g/mol. The van der Waals surface area contributed by atoms with E-state index in [-0.39, 0.29) is 5.92 Å². The van der Waals surface area contributed by atoms with Crippen LogP contribution in [0.25, 0.3) is 11.4 Å². The van der Waals surface area contributed by atoms with Crippen LogP contribution in [-0.2, 0) is 17.8 Å². The number of benzene rings is 2. The molecule has 2 aliphatic heterocycles. The van der Waals surface area contributed by atoms with Gasteiger partial charge in [0.2, 0.25) is 17.6 Å². The smallest absolute Gasteiger partial charge is 0.241 e. The van der Waals surface area contributed by atoms with Crippen molar-refractivity contribution in [2.45, 2.75) is 38.6 Å². The van der Waals surface area contributed by atoms with Gasteiger partial charge in [-0.1, -0.05) is 59.2 Å². The van der Waals surface area contributed by atoms with Crippen molar-refractivity contribution in [3.8, 4) is 11.4 Å². The molecule has 2 saturated heterocycles. The van der Waals surface area contributed by atoms with Gasteiger partial charge in [-0.05, 0) is 68.8 Å². The van der Waals surface area contributed by atoms with E-state index in [1.165, 1.54) is 5.56 Å². The van der Waals surface area contributed by atoms with Crippen LogP contribution in [0.4, 0.5) is 0 Å². The highest BCUT2D eigenvalue weighted by molar-refractivity contribution is 6.33. The molecule has 3 aromatic rings. The second-order valence-corrected chi connectivity index (χ2v) is 9.91. The lowest BCUT2D eigenvalue weighted by atomic mass is 9.88. The summed E-state index contributed by atoms with van der Waals surface area (Å²) in [4.78, 5) is 22.0. The fourth-order valence-electron chi connectivity index (χ4n) is 5.16. The molecule has 2 aromatic carbocycles. The number of carbonyl (C=O) groups excluding carboxylic acids is 1. The topological polar surface area (TPSA) is 62.5 Å². The van der Waals surface area contributed by atoms with Gasteiger partial charge in [0, 0.05) is 24.6 Å². The molecule has 178 valence electrons. The van der Waals surface area contributed by atoms with Crippen LogP contribution in [0.1, 0.15) is 37.1 Å².